The molecule has 5 nitrogen and oxygen atoms in total. The molecule has 0 fully saturated rings. The van der Waals surface area contributed by atoms with Crippen molar-refractivity contribution in [2.24, 2.45) is 0 Å². The number of nitrogens with zero attached hydrogens (tertiary/aromatic N) is 2. The molecule has 0 spiro atoms. The molecule has 5 heteroatoms. The van der Waals surface area contributed by atoms with Gasteiger partial charge in [0.25, 0.3) is 0 Å². The Bertz CT molecular complexity index is 741. The van der Waals surface area contributed by atoms with E-state index in [1.807, 2.05) is 10.9 Å². The third-order valence-electron chi connectivity index (χ3n) is 4.77. The van der Waals surface area contributed by atoms with E-state index in [2.05, 4.69) is 55.5 Å². The van der Waals surface area contributed by atoms with Crippen LogP contribution >= 0.6 is 0 Å². The lowest BCUT2D eigenvalue weighted by Gasteiger charge is -2.24. The molecular formula is C20H27N3O2. The van der Waals surface area contributed by atoms with E-state index in [0.717, 1.165) is 30.5 Å². The van der Waals surface area contributed by atoms with Gasteiger partial charge in [0.05, 0.1) is 17.9 Å². The van der Waals surface area contributed by atoms with Crippen LogP contribution in [0.2, 0.25) is 0 Å². The van der Waals surface area contributed by atoms with Gasteiger partial charge in [-0.15, -0.1) is 0 Å². The Morgan fingerprint density at radius 1 is 1.32 bits per heavy atom. The molecule has 1 amide bonds. The highest BCUT2D eigenvalue weighted by Crippen LogP contribution is 2.31. The van der Waals surface area contributed by atoms with Crippen LogP contribution < -0.4 is 5.32 Å². The third kappa shape index (κ3) is 3.76. The molecule has 0 radical (unpaired) electrons. The number of ether oxygens (including phenoxy) is 1. The minimum atomic E-state index is -0.0809. The van der Waals surface area contributed by atoms with Crippen LogP contribution in [0.5, 0.6) is 0 Å². The van der Waals surface area contributed by atoms with Crippen molar-refractivity contribution in [2.75, 3.05) is 13.7 Å². The van der Waals surface area contributed by atoms with E-state index in [-0.39, 0.29) is 24.0 Å². The Balaban J connectivity index is 1.86. The van der Waals surface area contributed by atoms with Gasteiger partial charge in [-0.3, -0.25) is 4.79 Å². The number of benzene rings is 1. The second-order valence-electron chi connectivity index (χ2n) is 7.70. The molecule has 0 saturated heterocycles. The highest BCUT2D eigenvalue weighted by molar-refractivity contribution is 5.77. The number of aromatic nitrogens is 2. The number of rotatable bonds is 4. The molecule has 134 valence electrons. The minimum absolute atomic E-state index is 0.0222. The maximum atomic E-state index is 11.9. The first-order valence-electron chi connectivity index (χ1n) is 8.86. The predicted molar refractivity (Wildman–Crippen MR) is 98.0 cm³/mol. The highest BCUT2D eigenvalue weighted by Gasteiger charge is 2.26. The van der Waals surface area contributed by atoms with E-state index in [1.165, 1.54) is 18.4 Å². The molecule has 0 bridgehead atoms. The average Bonchev–Trinajstić information content (AvgIpc) is 2.99. The summed E-state index contributed by atoms with van der Waals surface area (Å²) < 4.78 is 6.92. The lowest BCUT2D eigenvalue weighted by molar-refractivity contribution is -0.125. The van der Waals surface area contributed by atoms with Crippen LogP contribution in [-0.4, -0.2) is 29.4 Å². The van der Waals surface area contributed by atoms with Gasteiger partial charge in [0, 0.05) is 18.4 Å². The van der Waals surface area contributed by atoms with Gasteiger partial charge in [-0.05, 0) is 42.4 Å². The van der Waals surface area contributed by atoms with E-state index in [4.69, 9.17) is 4.74 Å². The highest BCUT2D eigenvalue weighted by atomic mass is 16.5. The molecule has 3 rings (SSSR count). The molecular weight excluding hydrogens is 314 g/mol. The van der Waals surface area contributed by atoms with Crippen molar-refractivity contribution in [2.45, 2.75) is 51.5 Å². The molecule has 1 unspecified atom stereocenters. The van der Waals surface area contributed by atoms with Gasteiger partial charge < -0.3 is 10.1 Å². The topological polar surface area (TPSA) is 56.1 Å². The first-order chi connectivity index (χ1) is 11.9. The SMILES string of the molecule is COCC(=O)NC1CCCc2c1cnn2-c1ccc(C(C)(C)C)cc1. The first-order valence-corrected chi connectivity index (χ1v) is 8.86. The summed E-state index contributed by atoms with van der Waals surface area (Å²) in [5.41, 5.74) is 4.83. The smallest absolute Gasteiger partial charge is 0.246 e. The molecule has 2 aromatic rings. The van der Waals surface area contributed by atoms with E-state index in [0.29, 0.717) is 0 Å². The van der Waals surface area contributed by atoms with Gasteiger partial charge in [-0.2, -0.15) is 5.10 Å². The van der Waals surface area contributed by atoms with Crippen molar-refractivity contribution in [3.05, 3.63) is 47.3 Å². The fourth-order valence-corrected chi connectivity index (χ4v) is 3.40. The Morgan fingerprint density at radius 2 is 2.04 bits per heavy atom. The Labute approximate surface area is 149 Å². The summed E-state index contributed by atoms with van der Waals surface area (Å²) in [5.74, 6) is -0.0809. The number of carbonyl (C=O) groups is 1. The molecule has 1 N–H and O–H groups in total. The largest absolute Gasteiger partial charge is 0.375 e. The molecule has 1 aromatic carbocycles. The van der Waals surface area contributed by atoms with Crippen LogP contribution in [0.1, 0.15) is 56.5 Å². The molecule has 0 saturated carbocycles. The van der Waals surface area contributed by atoms with Crippen LogP contribution in [0.15, 0.2) is 30.5 Å². The van der Waals surface area contributed by atoms with Crippen LogP contribution in [0.4, 0.5) is 0 Å². The number of amides is 1. The molecule has 1 aliphatic carbocycles. The van der Waals surface area contributed by atoms with E-state index in [1.54, 1.807) is 0 Å². The van der Waals surface area contributed by atoms with Gasteiger partial charge in [-0.1, -0.05) is 32.9 Å². The van der Waals surface area contributed by atoms with Gasteiger partial charge >= 0.3 is 0 Å². The number of carbonyl (C=O) groups excluding carboxylic acids is 1. The second kappa shape index (κ2) is 7.00. The summed E-state index contributed by atoms with van der Waals surface area (Å²) in [5, 5.41) is 7.65. The van der Waals surface area contributed by atoms with Crippen molar-refractivity contribution < 1.29 is 9.53 Å². The molecule has 25 heavy (non-hydrogen) atoms. The summed E-state index contributed by atoms with van der Waals surface area (Å²) in [4.78, 5) is 11.9. The number of hydrogen-bond acceptors (Lipinski definition) is 3. The first kappa shape index (κ1) is 17.7. The summed E-state index contributed by atoms with van der Waals surface area (Å²) in [6, 6.07) is 8.62. The summed E-state index contributed by atoms with van der Waals surface area (Å²) in [6.07, 6.45) is 4.85. The number of hydrogen-bond donors (Lipinski definition) is 1. The molecule has 1 atom stereocenters. The molecule has 1 aliphatic rings. The zero-order valence-electron chi connectivity index (χ0n) is 15.5. The quantitative estimate of drug-likeness (QED) is 0.928. The van der Waals surface area contributed by atoms with Gasteiger partial charge in [0.1, 0.15) is 6.61 Å². The predicted octanol–water partition coefficient (Wildman–Crippen LogP) is 3.31. The molecule has 1 aromatic heterocycles. The zero-order chi connectivity index (χ0) is 18.0. The fourth-order valence-electron chi connectivity index (χ4n) is 3.40. The Kier molecular flexibility index (Phi) is 4.95. The molecule has 0 aliphatic heterocycles. The molecule has 1 heterocycles. The zero-order valence-corrected chi connectivity index (χ0v) is 15.5. The summed E-state index contributed by atoms with van der Waals surface area (Å²) in [6.45, 7) is 6.73. The van der Waals surface area contributed by atoms with Crippen molar-refractivity contribution in [1.82, 2.24) is 15.1 Å². The summed E-state index contributed by atoms with van der Waals surface area (Å²) in [7, 11) is 1.53. The summed E-state index contributed by atoms with van der Waals surface area (Å²) >= 11 is 0. The van der Waals surface area contributed by atoms with Crippen molar-refractivity contribution >= 4 is 5.91 Å². The maximum Gasteiger partial charge on any atom is 0.246 e. The van der Waals surface area contributed by atoms with Crippen molar-refractivity contribution in [3.63, 3.8) is 0 Å². The number of fused-ring (bicyclic) bond motifs is 1. The van der Waals surface area contributed by atoms with Gasteiger partial charge in [-0.25, -0.2) is 4.68 Å². The number of nitrogens with one attached hydrogen (secondary N) is 1. The van der Waals surface area contributed by atoms with Crippen molar-refractivity contribution in [1.29, 1.82) is 0 Å². The maximum absolute atomic E-state index is 11.9. The van der Waals surface area contributed by atoms with E-state index >= 15 is 0 Å². The van der Waals surface area contributed by atoms with Crippen LogP contribution in [0, 0.1) is 0 Å². The van der Waals surface area contributed by atoms with Crippen LogP contribution in [-0.2, 0) is 21.4 Å². The van der Waals surface area contributed by atoms with Gasteiger partial charge in [0.2, 0.25) is 5.91 Å². The Morgan fingerprint density at radius 3 is 2.68 bits per heavy atom. The fraction of sp³-hybridized carbons (Fsp3) is 0.500. The standard InChI is InChI=1S/C20H27N3O2/c1-20(2,3)14-8-10-15(11-9-14)23-18-7-5-6-17(16(18)12-21-23)22-19(24)13-25-4/h8-12,17H,5-7,13H2,1-4H3,(H,22,24). The van der Waals surface area contributed by atoms with Crippen molar-refractivity contribution in [3.8, 4) is 5.69 Å². The van der Waals surface area contributed by atoms with E-state index in [9.17, 15) is 4.79 Å². The van der Waals surface area contributed by atoms with Crippen LogP contribution in [0.25, 0.3) is 5.69 Å². The lowest BCUT2D eigenvalue weighted by atomic mass is 9.87. The lowest BCUT2D eigenvalue weighted by Crippen LogP contribution is -2.33. The minimum Gasteiger partial charge on any atom is -0.375 e. The van der Waals surface area contributed by atoms with E-state index < -0.39 is 0 Å². The van der Waals surface area contributed by atoms with Gasteiger partial charge in [0.15, 0.2) is 0 Å². The monoisotopic (exact) mass is 341 g/mol. The average molecular weight is 341 g/mol. The van der Waals surface area contributed by atoms with Crippen LogP contribution in [0.3, 0.4) is 0 Å². The normalized spacial score (nSPS) is 17.2. The Hall–Kier alpha value is -2.14. The second-order valence-corrected chi connectivity index (χ2v) is 7.70. The third-order valence-corrected chi connectivity index (χ3v) is 4.77. The number of methoxy groups -OCH3 is 1.